The van der Waals surface area contributed by atoms with Crippen LogP contribution in [0.4, 0.5) is 0 Å². The minimum absolute atomic E-state index is 0.213. The maximum atomic E-state index is 11.3. The molecule has 0 heterocycles. The molecule has 0 aromatic carbocycles. The number of ether oxygens (including phenoxy) is 1. The van der Waals surface area contributed by atoms with Crippen molar-refractivity contribution >= 4 is 12.3 Å². The lowest BCUT2D eigenvalue weighted by molar-refractivity contribution is -0.136. The Morgan fingerprint density at radius 2 is 2.43 bits per heavy atom. The van der Waals surface area contributed by atoms with Crippen LogP contribution in [0, 0.1) is 17.3 Å². The van der Waals surface area contributed by atoms with E-state index in [0.29, 0.717) is 5.92 Å². The molecule has 0 aliphatic heterocycles. The molecule has 0 amide bonds. The summed E-state index contributed by atoms with van der Waals surface area (Å²) in [5, 5.41) is 0. The van der Waals surface area contributed by atoms with Gasteiger partial charge < -0.3 is 9.53 Å². The highest BCUT2D eigenvalue weighted by Crippen LogP contribution is 2.62. The van der Waals surface area contributed by atoms with Crippen LogP contribution in [0.5, 0.6) is 0 Å². The van der Waals surface area contributed by atoms with Gasteiger partial charge in [0.25, 0.3) is 0 Å². The Morgan fingerprint density at radius 3 is 3.00 bits per heavy atom. The van der Waals surface area contributed by atoms with Crippen molar-refractivity contribution in [3.05, 3.63) is 11.6 Å². The second-order valence-corrected chi connectivity index (χ2v) is 4.34. The van der Waals surface area contributed by atoms with Crippen LogP contribution in [0.2, 0.25) is 0 Å². The quantitative estimate of drug-likeness (QED) is 0.492. The maximum absolute atomic E-state index is 11.3. The second-order valence-electron chi connectivity index (χ2n) is 4.34. The van der Waals surface area contributed by atoms with Crippen LogP contribution >= 0.6 is 0 Å². The largest absolute Gasteiger partial charge is 0.466 e. The van der Waals surface area contributed by atoms with Gasteiger partial charge in [-0.05, 0) is 24.7 Å². The van der Waals surface area contributed by atoms with Crippen LogP contribution in [0.25, 0.3) is 0 Å². The number of esters is 1. The molecule has 0 N–H and O–H groups in total. The lowest BCUT2D eigenvalue weighted by Gasteiger charge is -2.08. The normalized spacial score (nSPS) is 39.4. The van der Waals surface area contributed by atoms with Crippen molar-refractivity contribution in [3.8, 4) is 0 Å². The first-order valence-electron chi connectivity index (χ1n) is 4.89. The van der Waals surface area contributed by atoms with Gasteiger partial charge in [0.1, 0.15) is 6.29 Å². The highest BCUT2D eigenvalue weighted by atomic mass is 16.5. The highest BCUT2D eigenvalue weighted by molar-refractivity contribution is 5.89. The van der Waals surface area contributed by atoms with Crippen LogP contribution in [-0.2, 0) is 14.3 Å². The Kier molecular flexibility index (Phi) is 1.98. The summed E-state index contributed by atoms with van der Waals surface area (Å²) in [6, 6.07) is 0. The number of rotatable bonds is 2. The molecule has 3 nitrogen and oxygen atoms in total. The molecule has 76 valence electrons. The Morgan fingerprint density at radius 1 is 1.71 bits per heavy atom. The van der Waals surface area contributed by atoms with Gasteiger partial charge in [0.15, 0.2) is 0 Å². The number of carbonyl (C=O) groups excluding carboxylic acids is 2. The van der Waals surface area contributed by atoms with E-state index in [1.54, 1.807) is 0 Å². The molecule has 1 saturated carbocycles. The first kappa shape index (κ1) is 9.44. The number of allylic oxidation sites excluding steroid dienone is 1. The monoisotopic (exact) mass is 194 g/mol. The summed E-state index contributed by atoms with van der Waals surface area (Å²) in [5.41, 5.74) is 0.523. The fourth-order valence-electron chi connectivity index (χ4n) is 2.53. The van der Waals surface area contributed by atoms with Gasteiger partial charge in [-0.1, -0.05) is 13.0 Å². The van der Waals surface area contributed by atoms with Crippen molar-refractivity contribution in [1.82, 2.24) is 0 Å². The fourth-order valence-corrected chi connectivity index (χ4v) is 2.53. The van der Waals surface area contributed by atoms with Gasteiger partial charge in [-0.25, -0.2) is 4.79 Å². The molecule has 1 fully saturated rings. The highest BCUT2D eigenvalue weighted by Gasteiger charge is 2.61. The minimum Gasteiger partial charge on any atom is -0.466 e. The zero-order valence-corrected chi connectivity index (χ0v) is 8.45. The Labute approximate surface area is 83.1 Å². The lowest BCUT2D eigenvalue weighted by Crippen LogP contribution is -2.08. The Hall–Kier alpha value is -1.12. The lowest BCUT2D eigenvalue weighted by atomic mass is 10.00. The molecular formula is C11H14O3. The number of fused-ring (bicyclic) bond motifs is 1. The fraction of sp³-hybridized carbons (Fsp3) is 0.636. The molecule has 0 aromatic rings. The van der Waals surface area contributed by atoms with E-state index < -0.39 is 0 Å². The van der Waals surface area contributed by atoms with Crippen LogP contribution in [0.1, 0.15) is 19.8 Å². The average Bonchev–Trinajstić information content (AvgIpc) is 2.84. The Bertz CT molecular complexity index is 318. The van der Waals surface area contributed by atoms with Crippen molar-refractivity contribution in [2.24, 2.45) is 17.3 Å². The van der Waals surface area contributed by atoms with Crippen molar-refractivity contribution < 1.29 is 14.3 Å². The van der Waals surface area contributed by atoms with Crippen LogP contribution in [0.15, 0.2) is 11.6 Å². The number of hydrogen-bond acceptors (Lipinski definition) is 3. The summed E-state index contributed by atoms with van der Waals surface area (Å²) in [4.78, 5) is 22.1. The number of carbonyl (C=O) groups is 2. The molecule has 3 heteroatoms. The molecule has 0 bridgehead atoms. The van der Waals surface area contributed by atoms with Crippen molar-refractivity contribution in [2.45, 2.75) is 19.8 Å². The van der Waals surface area contributed by atoms with Gasteiger partial charge >= 0.3 is 5.97 Å². The summed E-state index contributed by atoms with van der Waals surface area (Å²) < 4.78 is 4.66. The van der Waals surface area contributed by atoms with Gasteiger partial charge in [0.05, 0.1) is 7.11 Å². The van der Waals surface area contributed by atoms with E-state index >= 15 is 0 Å². The number of hydrogen-bond donors (Lipinski definition) is 0. The summed E-state index contributed by atoms with van der Waals surface area (Å²) in [5.74, 6) is 0.472. The predicted molar refractivity (Wildman–Crippen MR) is 50.5 cm³/mol. The second kappa shape index (κ2) is 2.94. The van der Waals surface area contributed by atoms with Crippen LogP contribution in [-0.4, -0.2) is 19.4 Å². The third kappa shape index (κ3) is 1.11. The molecule has 14 heavy (non-hydrogen) atoms. The standard InChI is InChI=1S/C11H14O3/c1-11(6-12)8-4-3-7(5-9(8)11)10(13)14-2/h5-6,8-9H,3-4H2,1-2H3. The van der Waals surface area contributed by atoms with Crippen molar-refractivity contribution in [1.29, 1.82) is 0 Å². The first-order valence-corrected chi connectivity index (χ1v) is 4.89. The third-order valence-electron chi connectivity index (χ3n) is 3.65. The predicted octanol–water partition coefficient (Wildman–Crippen LogP) is 1.33. The van der Waals surface area contributed by atoms with E-state index in [-0.39, 0.29) is 17.3 Å². The molecule has 0 saturated heterocycles. The zero-order chi connectivity index (χ0) is 10.3. The topological polar surface area (TPSA) is 43.4 Å². The molecule has 3 atom stereocenters. The average molecular weight is 194 g/mol. The molecular weight excluding hydrogens is 180 g/mol. The molecule has 3 unspecified atom stereocenters. The summed E-state index contributed by atoms with van der Waals surface area (Å²) in [6.07, 6.45) is 4.63. The first-order chi connectivity index (χ1) is 6.63. The van der Waals surface area contributed by atoms with Crippen LogP contribution in [0.3, 0.4) is 0 Å². The van der Waals surface area contributed by atoms with Crippen molar-refractivity contribution in [2.75, 3.05) is 7.11 Å². The summed E-state index contributed by atoms with van der Waals surface area (Å²) in [7, 11) is 1.39. The smallest absolute Gasteiger partial charge is 0.333 e. The zero-order valence-electron chi connectivity index (χ0n) is 8.45. The molecule has 2 aliphatic carbocycles. The third-order valence-corrected chi connectivity index (χ3v) is 3.65. The number of methoxy groups -OCH3 is 1. The van der Waals surface area contributed by atoms with E-state index in [4.69, 9.17) is 0 Å². The molecule has 0 aromatic heterocycles. The van der Waals surface area contributed by atoms with E-state index in [2.05, 4.69) is 4.74 Å². The molecule has 2 rings (SSSR count). The number of aldehydes is 1. The van der Waals surface area contributed by atoms with Gasteiger partial charge in [-0.3, -0.25) is 0 Å². The van der Waals surface area contributed by atoms with E-state index in [1.807, 2.05) is 13.0 Å². The Balaban J connectivity index is 2.17. The SMILES string of the molecule is COC(=O)C1=CC2C(CC1)C2(C)C=O. The van der Waals surface area contributed by atoms with Crippen LogP contribution < -0.4 is 0 Å². The molecule has 0 radical (unpaired) electrons. The van der Waals surface area contributed by atoms with E-state index in [1.165, 1.54) is 7.11 Å². The molecule has 2 aliphatic rings. The maximum Gasteiger partial charge on any atom is 0.333 e. The van der Waals surface area contributed by atoms with Gasteiger partial charge in [-0.2, -0.15) is 0 Å². The van der Waals surface area contributed by atoms with E-state index in [0.717, 1.165) is 24.7 Å². The van der Waals surface area contributed by atoms with Gasteiger partial charge in [0, 0.05) is 11.0 Å². The minimum atomic E-state index is -0.247. The van der Waals surface area contributed by atoms with Crippen molar-refractivity contribution in [3.63, 3.8) is 0 Å². The van der Waals surface area contributed by atoms with Gasteiger partial charge in [0.2, 0.25) is 0 Å². The van der Waals surface area contributed by atoms with Gasteiger partial charge in [-0.15, -0.1) is 0 Å². The molecule has 0 spiro atoms. The summed E-state index contributed by atoms with van der Waals surface area (Å²) in [6.45, 7) is 1.96. The summed E-state index contributed by atoms with van der Waals surface area (Å²) >= 11 is 0. The van der Waals surface area contributed by atoms with E-state index in [9.17, 15) is 9.59 Å².